The van der Waals surface area contributed by atoms with Crippen LogP contribution in [0.4, 0.5) is 0 Å². The highest BCUT2D eigenvalue weighted by Gasteiger charge is 2.16. The van der Waals surface area contributed by atoms with Gasteiger partial charge in [0.2, 0.25) is 0 Å². The van der Waals surface area contributed by atoms with Gasteiger partial charge < -0.3 is 10.1 Å². The zero-order valence-electron chi connectivity index (χ0n) is 12.5. The molecule has 0 aliphatic rings. The summed E-state index contributed by atoms with van der Waals surface area (Å²) in [6, 6.07) is 8.23. The molecule has 0 aliphatic heterocycles. The van der Waals surface area contributed by atoms with E-state index in [1.165, 1.54) is 5.56 Å². The van der Waals surface area contributed by atoms with Crippen molar-refractivity contribution in [1.82, 2.24) is 5.32 Å². The second kappa shape index (κ2) is 8.76. The maximum atomic E-state index is 6.20. The lowest BCUT2D eigenvalue weighted by molar-refractivity contribution is 0.148. The van der Waals surface area contributed by atoms with E-state index in [0.29, 0.717) is 5.92 Å². The molecule has 19 heavy (non-hydrogen) atoms. The Balaban J connectivity index is 2.69. The van der Waals surface area contributed by atoms with Crippen molar-refractivity contribution in [2.24, 2.45) is 5.92 Å². The van der Waals surface area contributed by atoms with Gasteiger partial charge in [-0.3, -0.25) is 0 Å². The fourth-order valence-corrected chi connectivity index (χ4v) is 1.94. The lowest BCUT2D eigenvalue weighted by Gasteiger charge is -2.24. The zero-order chi connectivity index (χ0) is 14.1. The summed E-state index contributed by atoms with van der Waals surface area (Å²) in [6.07, 6.45) is 4.13. The summed E-state index contributed by atoms with van der Waals surface area (Å²) in [5, 5.41) is 3.44. The van der Waals surface area contributed by atoms with Crippen molar-refractivity contribution in [3.05, 3.63) is 42.5 Å². The molecule has 0 aromatic heterocycles. The van der Waals surface area contributed by atoms with E-state index in [4.69, 9.17) is 4.74 Å². The third kappa shape index (κ3) is 5.48. The Morgan fingerprint density at radius 2 is 2.05 bits per heavy atom. The molecular weight excluding hydrogens is 234 g/mol. The van der Waals surface area contributed by atoms with Gasteiger partial charge in [-0.15, -0.1) is 6.58 Å². The summed E-state index contributed by atoms with van der Waals surface area (Å²) in [5.74, 6) is 1.47. The van der Waals surface area contributed by atoms with Gasteiger partial charge >= 0.3 is 0 Å². The van der Waals surface area contributed by atoms with E-state index < -0.39 is 0 Å². The molecule has 0 saturated carbocycles. The number of nitrogens with one attached hydrogen (secondary N) is 1. The number of allylic oxidation sites excluding steroid dienone is 1. The molecule has 1 N–H and O–H groups in total. The molecule has 0 amide bonds. The molecular formula is C17H27NO. The topological polar surface area (TPSA) is 21.3 Å². The van der Waals surface area contributed by atoms with Crippen molar-refractivity contribution >= 4 is 0 Å². The number of hydrogen-bond donors (Lipinski definition) is 1. The summed E-state index contributed by atoms with van der Waals surface area (Å²) >= 11 is 0. The number of hydrogen-bond acceptors (Lipinski definition) is 2. The monoisotopic (exact) mass is 261 g/mol. The van der Waals surface area contributed by atoms with Crippen LogP contribution in [0.5, 0.6) is 5.75 Å². The molecule has 1 unspecified atom stereocenters. The maximum Gasteiger partial charge on any atom is 0.123 e. The van der Waals surface area contributed by atoms with Crippen molar-refractivity contribution in [2.45, 2.75) is 39.7 Å². The van der Waals surface area contributed by atoms with Crippen LogP contribution in [0.1, 0.15) is 32.8 Å². The smallest absolute Gasteiger partial charge is 0.123 e. The third-order valence-corrected chi connectivity index (χ3v) is 3.13. The van der Waals surface area contributed by atoms with Crippen LogP contribution in [-0.2, 0) is 6.42 Å². The molecule has 0 fully saturated rings. The molecule has 1 aromatic carbocycles. The Labute approximate surface area is 117 Å². The molecule has 0 aliphatic carbocycles. The van der Waals surface area contributed by atoms with Crippen molar-refractivity contribution in [3.63, 3.8) is 0 Å². The molecule has 106 valence electrons. The largest absolute Gasteiger partial charge is 0.489 e. The van der Waals surface area contributed by atoms with Crippen LogP contribution in [0.3, 0.4) is 0 Å². The van der Waals surface area contributed by atoms with Crippen LogP contribution in [0.2, 0.25) is 0 Å². The first-order valence-corrected chi connectivity index (χ1v) is 7.25. The van der Waals surface area contributed by atoms with Gasteiger partial charge in [0.05, 0.1) is 0 Å². The number of para-hydroxylation sites is 1. The number of rotatable bonds is 9. The van der Waals surface area contributed by atoms with Crippen molar-refractivity contribution < 1.29 is 4.74 Å². The summed E-state index contributed by atoms with van der Waals surface area (Å²) in [6.45, 7) is 12.3. The van der Waals surface area contributed by atoms with Crippen molar-refractivity contribution in [2.75, 3.05) is 13.1 Å². The molecule has 0 heterocycles. The zero-order valence-corrected chi connectivity index (χ0v) is 12.5. The van der Waals surface area contributed by atoms with Gasteiger partial charge in [0.25, 0.3) is 0 Å². The Morgan fingerprint density at radius 3 is 2.68 bits per heavy atom. The van der Waals surface area contributed by atoms with E-state index in [2.05, 4.69) is 38.7 Å². The second-order valence-corrected chi connectivity index (χ2v) is 5.20. The van der Waals surface area contributed by atoms with Gasteiger partial charge in [0.15, 0.2) is 0 Å². The lowest BCUT2D eigenvalue weighted by Crippen LogP contribution is -2.36. The molecule has 0 saturated heterocycles. The normalized spacial score (nSPS) is 12.4. The molecule has 2 heteroatoms. The summed E-state index contributed by atoms with van der Waals surface area (Å²) in [4.78, 5) is 0. The van der Waals surface area contributed by atoms with Crippen molar-refractivity contribution in [3.8, 4) is 5.75 Å². The Kier molecular flexibility index (Phi) is 7.27. The Hall–Kier alpha value is -1.28. The van der Waals surface area contributed by atoms with E-state index in [1.807, 2.05) is 24.3 Å². The lowest BCUT2D eigenvalue weighted by atomic mass is 10.1. The molecule has 1 rings (SSSR count). The molecule has 1 aromatic rings. The maximum absolute atomic E-state index is 6.20. The molecule has 0 bridgehead atoms. The van der Waals surface area contributed by atoms with Crippen molar-refractivity contribution in [1.29, 1.82) is 0 Å². The predicted molar refractivity (Wildman–Crippen MR) is 82.8 cm³/mol. The molecule has 0 spiro atoms. The number of ether oxygens (including phenoxy) is 1. The minimum absolute atomic E-state index is 0.206. The van der Waals surface area contributed by atoms with Gasteiger partial charge in [-0.05, 0) is 36.9 Å². The Morgan fingerprint density at radius 1 is 1.32 bits per heavy atom. The first-order chi connectivity index (χ1) is 9.19. The fraction of sp³-hybridized carbons (Fsp3) is 0.529. The minimum Gasteiger partial charge on any atom is -0.489 e. The van der Waals surface area contributed by atoms with E-state index in [9.17, 15) is 0 Å². The second-order valence-electron chi connectivity index (χ2n) is 5.20. The van der Waals surface area contributed by atoms with E-state index in [-0.39, 0.29) is 6.10 Å². The average Bonchev–Trinajstić information content (AvgIpc) is 2.40. The van der Waals surface area contributed by atoms with Gasteiger partial charge in [0.1, 0.15) is 11.9 Å². The molecule has 1 atom stereocenters. The van der Waals surface area contributed by atoms with Crippen LogP contribution >= 0.6 is 0 Å². The van der Waals surface area contributed by atoms with Crippen LogP contribution < -0.4 is 10.1 Å². The van der Waals surface area contributed by atoms with E-state index >= 15 is 0 Å². The van der Waals surface area contributed by atoms with Gasteiger partial charge in [-0.1, -0.05) is 45.0 Å². The Bertz CT molecular complexity index is 373. The summed E-state index contributed by atoms with van der Waals surface area (Å²) < 4.78 is 6.20. The first kappa shape index (κ1) is 15.8. The van der Waals surface area contributed by atoms with Crippen LogP contribution in [0, 0.1) is 5.92 Å². The number of benzene rings is 1. The summed E-state index contributed by atoms with van der Waals surface area (Å²) in [5.41, 5.74) is 1.21. The highest BCUT2D eigenvalue weighted by molar-refractivity contribution is 5.34. The fourth-order valence-electron chi connectivity index (χ4n) is 1.94. The van der Waals surface area contributed by atoms with E-state index in [0.717, 1.165) is 31.7 Å². The van der Waals surface area contributed by atoms with Gasteiger partial charge in [-0.2, -0.15) is 0 Å². The van der Waals surface area contributed by atoms with Crippen LogP contribution in [-0.4, -0.2) is 19.2 Å². The highest BCUT2D eigenvalue weighted by Crippen LogP contribution is 2.22. The highest BCUT2D eigenvalue weighted by atomic mass is 16.5. The van der Waals surface area contributed by atoms with E-state index in [1.54, 1.807) is 0 Å². The molecule has 2 nitrogen and oxygen atoms in total. The average molecular weight is 261 g/mol. The van der Waals surface area contributed by atoms with Gasteiger partial charge in [-0.25, -0.2) is 0 Å². The summed E-state index contributed by atoms with van der Waals surface area (Å²) in [7, 11) is 0. The quantitative estimate of drug-likeness (QED) is 0.539. The third-order valence-electron chi connectivity index (χ3n) is 3.13. The standard InChI is InChI=1S/C17H27NO/c1-5-9-15-10-7-8-11-16(15)19-17(14(3)4)13-18-12-6-2/h5,7-8,10-11,14,17-18H,1,6,9,12-13H2,2-4H3. The first-order valence-electron chi connectivity index (χ1n) is 7.25. The van der Waals surface area contributed by atoms with Crippen LogP contribution in [0.25, 0.3) is 0 Å². The molecule has 0 radical (unpaired) electrons. The minimum atomic E-state index is 0.206. The van der Waals surface area contributed by atoms with Gasteiger partial charge in [0, 0.05) is 6.54 Å². The SMILES string of the molecule is C=CCc1ccccc1OC(CNCCC)C(C)C. The predicted octanol–water partition coefficient (Wildman–Crippen LogP) is 3.82. The van der Waals surface area contributed by atoms with Crippen LogP contribution in [0.15, 0.2) is 36.9 Å².